The molecule has 1 aromatic heterocycles. The molecule has 216 valence electrons. The van der Waals surface area contributed by atoms with E-state index in [1.54, 1.807) is 60.8 Å². The molecule has 2 aliphatic rings. The molecule has 1 fully saturated rings. The van der Waals surface area contributed by atoms with Gasteiger partial charge in [0.15, 0.2) is 5.78 Å². The number of aliphatic imine (C=N–C) groups is 1. The molecule has 1 unspecified atom stereocenters. The zero-order chi connectivity index (χ0) is 29.9. The summed E-state index contributed by atoms with van der Waals surface area (Å²) in [6.45, 7) is 5.93. The highest BCUT2D eigenvalue weighted by atomic mass is 16.2. The van der Waals surface area contributed by atoms with Gasteiger partial charge in [-0.2, -0.15) is 0 Å². The minimum Gasteiger partial charge on any atom is -0.369 e. The van der Waals surface area contributed by atoms with Gasteiger partial charge in [0.05, 0.1) is 11.3 Å². The highest BCUT2D eigenvalue weighted by Gasteiger charge is 2.30. The lowest BCUT2D eigenvalue weighted by Crippen LogP contribution is -2.44. The maximum atomic E-state index is 13.4. The van der Waals surface area contributed by atoms with Gasteiger partial charge in [-0.25, -0.2) is 0 Å². The Labute approximate surface area is 250 Å². The molecule has 3 heterocycles. The van der Waals surface area contributed by atoms with Gasteiger partial charge in [0.2, 0.25) is 5.91 Å². The average Bonchev–Trinajstić information content (AvgIpc) is 3.34. The van der Waals surface area contributed by atoms with Crippen molar-refractivity contribution in [2.24, 2.45) is 4.99 Å². The molecule has 0 bridgehead atoms. The number of fused-ring (bicyclic) bond motifs is 1. The van der Waals surface area contributed by atoms with E-state index in [0.717, 1.165) is 43.1 Å². The van der Waals surface area contributed by atoms with Crippen LogP contribution in [0.4, 0.5) is 22.7 Å². The molecular weight excluding hydrogens is 540 g/mol. The number of carbonyl (C=O) groups excluding carboxylic acids is 3. The van der Waals surface area contributed by atoms with Crippen LogP contribution in [-0.2, 0) is 4.79 Å². The normalized spacial score (nSPS) is 16.7. The van der Waals surface area contributed by atoms with Crippen LogP contribution in [-0.4, -0.2) is 66.9 Å². The Morgan fingerprint density at radius 2 is 1.67 bits per heavy atom. The second-order valence-corrected chi connectivity index (χ2v) is 10.9. The van der Waals surface area contributed by atoms with Crippen LogP contribution in [0.3, 0.4) is 0 Å². The summed E-state index contributed by atoms with van der Waals surface area (Å²) >= 11 is 0. The van der Waals surface area contributed by atoms with E-state index in [1.165, 1.54) is 11.9 Å². The number of likely N-dealkylation sites (N-methyl/N-ethyl adjacent to an activating group) is 1. The number of hydrogen-bond acceptors (Lipinski definition) is 7. The Bertz CT molecular complexity index is 1710. The van der Waals surface area contributed by atoms with Gasteiger partial charge in [-0.15, -0.1) is 0 Å². The number of piperazine rings is 1. The van der Waals surface area contributed by atoms with Gasteiger partial charge in [0.1, 0.15) is 5.92 Å². The Morgan fingerprint density at radius 3 is 2.42 bits per heavy atom. The van der Waals surface area contributed by atoms with Crippen molar-refractivity contribution < 1.29 is 14.4 Å². The van der Waals surface area contributed by atoms with E-state index in [0.29, 0.717) is 28.1 Å². The molecule has 1 saturated heterocycles. The predicted octanol–water partition coefficient (Wildman–Crippen LogP) is 5.06. The number of hydrogen-bond donors (Lipinski definition) is 2. The first-order chi connectivity index (χ1) is 20.8. The predicted molar refractivity (Wildman–Crippen MR) is 169 cm³/mol. The Kier molecular flexibility index (Phi) is 7.81. The average molecular weight is 573 g/mol. The smallest absolute Gasteiger partial charge is 0.257 e. The number of amides is 2. The first-order valence-corrected chi connectivity index (χ1v) is 14.3. The second-order valence-electron chi connectivity index (χ2n) is 10.9. The van der Waals surface area contributed by atoms with Crippen LogP contribution >= 0.6 is 0 Å². The van der Waals surface area contributed by atoms with Gasteiger partial charge < -0.3 is 20.4 Å². The summed E-state index contributed by atoms with van der Waals surface area (Å²) in [6.07, 6.45) is 3.17. The number of aryl methyl sites for hydroxylation is 1. The lowest BCUT2D eigenvalue weighted by molar-refractivity contribution is -0.115. The zero-order valence-corrected chi connectivity index (χ0v) is 24.1. The Balaban J connectivity index is 1.13. The van der Waals surface area contributed by atoms with Crippen LogP contribution in [0.2, 0.25) is 0 Å². The van der Waals surface area contributed by atoms with Crippen molar-refractivity contribution >= 4 is 46.6 Å². The van der Waals surface area contributed by atoms with Crippen molar-refractivity contribution in [1.29, 1.82) is 0 Å². The van der Waals surface area contributed by atoms with Gasteiger partial charge in [0.25, 0.3) is 5.91 Å². The van der Waals surface area contributed by atoms with Crippen LogP contribution in [0.15, 0.2) is 90.1 Å². The van der Waals surface area contributed by atoms with Gasteiger partial charge in [0, 0.05) is 72.5 Å². The topological polar surface area (TPSA) is 107 Å². The molecular formula is C34H32N6O3. The van der Waals surface area contributed by atoms with Crippen molar-refractivity contribution in [3.63, 3.8) is 0 Å². The SMILES string of the molecule is Cc1ccc(C(=O)Nc2cccc(C(=O)c3ccc4c(c3)NC(=O)C4C=Nc3ccc(N4CCN(C)CC4)cc3)c2)cn1. The van der Waals surface area contributed by atoms with Gasteiger partial charge in [-0.05, 0) is 74.1 Å². The lowest BCUT2D eigenvalue weighted by atomic mass is 9.97. The number of pyridine rings is 1. The fourth-order valence-corrected chi connectivity index (χ4v) is 5.26. The third kappa shape index (κ3) is 6.22. The quantitative estimate of drug-likeness (QED) is 0.237. The third-order valence-corrected chi connectivity index (χ3v) is 7.84. The maximum absolute atomic E-state index is 13.4. The Hall–Kier alpha value is -5.15. The fourth-order valence-electron chi connectivity index (χ4n) is 5.26. The monoisotopic (exact) mass is 572 g/mol. The largest absolute Gasteiger partial charge is 0.369 e. The summed E-state index contributed by atoms with van der Waals surface area (Å²) in [5.74, 6) is -1.27. The third-order valence-electron chi connectivity index (χ3n) is 7.84. The number of benzene rings is 3. The first kappa shape index (κ1) is 28.0. The summed E-state index contributed by atoms with van der Waals surface area (Å²) in [6, 6.07) is 23.5. The van der Waals surface area contributed by atoms with E-state index in [-0.39, 0.29) is 17.6 Å². The summed E-state index contributed by atoms with van der Waals surface area (Å²) in [5.41, 5.74) is 5.91. The van der Waals surface area contributed by atoms with Crippen molar-refractivity contribution in [3.8, 4) is 0 Å². The maximum Gasteiger partial charge on any atom is 0.257 e. The second kappa shape index (κ2) is 12.0. The Morgan fingerprint density at radius 1 is 0.930 bits per heavy atom. The summed E-state index contributed by atoms with van der Waals surface area (Å²) in [4.78, 5) is 52.2. The van der Waals surface area contributed by atoms with Crippen molar-refractivity contribution in [2.75, 3.05) is 48.8 Å². The fraction of sp³-hybridized carbons (Fsp3) is 0.206. The highest BCUT2D eigenvalue weighted by molar-refractivity contribution is 6.15. The summed E-state index contributed by atoms with van der Waals surface area (Å²) < 4.78 is 0. The van der Waals surface area contributed by atoms with Crippen molar-refractivity contribution in [2.45, 2.75) is 12.8 Å². The molecule has 2 amide bonds. The minimum absolute atomic E-state index is 0.187. The van der Waals surface area contributed by atoms with Crippen LogP contribution < -0.4 is 15.5 Å². The van der Waals surface area contributed by atoms with Crippen LogP contribution in [0.5, 0.6) is 0 Å². The molecule has 2 aliphatic heterocycles. The van der Waals surface area contributed by atoms with Crippen LogP contribution in [0.25, 0.3) is 0 Å². The number of ketones is 1. The number of rotatable bonds is 7. The minimum atomic E-state index is -0.550. The molecule has 6 rings (SSSR count). The first-order valence-electron chi connectivity index (χ1n) is 14.3. The standard InChI is InChI=1S/C34H32N6O3/c1-22-6-7-25(20-35-22)33(42)37-27-5-3-4-23(18-27)32(41)24-8-13-29-30(34(43)38-31(29)19-24)21-36-26-9-11-28(12-10-26)40-16-14-39(2)15-17-40/h3-13,18-21,30H,14-17H2,1-2H3,(H,37,42)(H,38,43). The van der Waals surface area contributed by atoms with Crippen molar-refractivity contribution in [3.05, 3.63) is 113 Å². The van der Waals surface area contributed by atoms with Crippen LogP contribution in [0.1, 0.15) is 43.5 Å². The summed E-state index contributed by atoms with van der Waals surface area (Å²) in [7, 11) is 2.14. The van der Waals surface area contributed by atoms with Gasteiger partial charge in [-0.1, -0.05) is 24.3 Å². The van der Waals surface area contributed by atoms with E-state index < -0.39 is 5.92 Å². The number of anilines is 3. The van der Waals surface area contributed by atoms with Crippen molar-refractivity contribution in [1.82, 2.24) is 9.88 Å². The van der Waals surface area contributed by atoms with Crippen LogP contribution in [0, 0.1) is 6.92 Å². The molecule has 9 heteroatoms. The molecule has 3 aromatic carbocycles. The molecule has 43 heavy (non-hydrogen) atoms. The molecule has 0 aliphatic carbocycles. The van der Waals surface area contributed by atoms with E-state index in [2.05, 4.69) is 49.6 Å². The number of aromatic nitrogens is 1. The zero-order valence-electron chi connectivity index (χ0n) is 24.1. The van der Waals surface area contributed by atoms with E-state index in [9.17, 15) is 14.4 Å². The number of nitrogens with one attached hydrogen (secondary N) is 2. The van der Waals surface area contributed by atoms with E-state index in [4.69, 9.17) is 0 Å². The molecule has 1 atom stereocenters. The molecule has 0 radical (unpaired) electrons. The molecule has 0 saturated carbocycles. The van der Waals surface area contributed by atoms with Gasteiger partial charge in [-0.3, -0.25) is 24.4 Å². The molecule has 0 spiro atoms. The summed E-state index contributed by atoms with van der Waals surface area (Å²) in [5, 5.41) is 5.71. The van der Waals surface area contributed by atoms with Gasteiger partial charge >= 0.3 is 0 Å². The number of carbonyl (C=O) groups is 3. The molecule has 2 N–H and O–H groups in total. The van der Waals surface area contributed by atoms with E-state index >= 15 is 0 Å². The number of nitrogens with zero attached hydrogens (tertiary/aromatic N) is 4. The molecule has 4 aromatic rings. The molecule has 9 nitrogen and oxygen atoms in total. The van der Waals surface area contributed by atoms with E-state index in [1.807, 2.05) is 19.1 Å². The highest BCUT2D eigenvalue weighted by Crippen LogP contribution is 2.33. The lowest BCUT2D eigenvalue weighted by Gasteiger charge is -2.34.